The van der Waals surface area contributed by atoms with Crippen LogP contribution in [0.25, 0.3) is 0 Å². The van der Waals surface area contributed by atoms with Crippen LogP contribution in [0.3, 0.4) is 0 Å². The van der Waals surface area contributed by atoms with Crippen LogP contribution >= 0.6 is 0 Å². The summed E-state index contributed by atoms with van der Waals surface area (Å²) in [6, 6.07) is 7.03. The first-order chi connectivity index (χ1) is 9.66. The van der Waals surface area contributed by atoms with E-state index < -0.39 is 0 Å². The van der Waals surface area contributed by atoms with Crippen molar-refractivity contribution >= 4 is 5.91 Å². The van der Waals surface area contributed by atoms with Gasteiger partial charge in [0.25, 0.3) is 0 Å². The molecule has 4 heteroatoms. The van der Waals surface area contributed by atoms with Gasteiger partial charge < -0.3 is 5.32 Å². The molecular weight excluding hydrogens is 255 g/mol. The van der Waals surface area contributed by atoms with E-state index in [2.05, 4.69) is 17.1 Å². The molecule has 0 radical (unpaired) electrons. The van der Waals surface area contributed by atoms with Gasteiger partial charge in [0.15, 0.2) is 0 Å². The highest BCUT2D eigenvalue weighted by atomic mass is 19.1. The lowest BCUT2D eigenvalue weighted by Crippen LogP contribution is -2.42. The van der Waals surface area contributed by atoms with Gasteiger partial charge in [-0.05, 0) is 37.9 Å². The Kier molecular flexibility index (Phi) is 5.53. The summed E-state index contributed by atoms with van der Waals surface area (Å²) in [5.41, 5.74) is 0.455. The number of hydrogen-bond acceptors (Lipinski definition) is 2. The number of piperidine rings is 1. The van der Waals surface area contributed by atoms with Crippen molar-refractivity contribution in [2.75, 3.05) is 19.6 Å². The third-order valence-electron chi connectivity index (χ3n) is 3.97. The second kappa shape index (κ2) is 7.39. The Labute approximate surface area is 120 Å². The third kappa shape index (κ3) is 4.30. The average molecular weight is 278 g/mol. The van der Waals surface area contributed by atoms with Gasteiger partial charge in [-0.25, -0.2) is 4.39 Å². The number of carbonyl (C=O) groups is 1. The van der Waals surface area contributed by atoms with E-state index in [0.717, 1.165) is 13.1 Å². The van der Waals surface area contributed by atoms with E-state index in [1.54, 1.807) is 18.2 Å². The summed E-state index contributed by atoms with van der Waals surface area (Å²) in [7, 11) is 0. The molecule has 0 spiro atoms. The van der Waals surface area contributed by atoms with Gasteiger partial charge in [0.2, 0.25) is 5.91 Å². The van der Waals surface area contributed by atoms with E-state index in [4.69, 9.17) is 0 Å². The van der Waals surface area contributed by atoms with Crippen molar-refractivity contribution in [2.45, 2.75) is 38.6 Å². The molecule has 0 bridgehead atoms. The molecule has 0 aliphatic carbocycles. The molecule has 0 saturated carbocycles. The number of rotatable bonds is 5. The van der Waals surface area contributed by atoms with Gasteiger partial charge >= 0.3 is 0 Å². The summed E-state index contributed by atoms with van der Waals surface area (Å²) in [4.78, 5) is 14.2. The SMILES string of the molecule is C[C@H]1CCCCN1CCNC(=O)Cc1ccccc1F. The molecule has 0 unspecified atom stereocenters. The van der Waals surface area contributed by atoms with Gasteiger partial charge in [0.05, 0.1) is 6.42 Å². The lowest BCUT2D eigenvalue weighted by atomic mass is 10.0. The zero-order valence-electron chi connectivity index (χ0n) is 12.1. The number of carbonyl (C=O) groups excluding carboxylic acids is 1. The second-order valence-electron chi connectivity index (χ2n) is 5.50. The van der Waals surface area contributed by atoms with Gasteiger partial charge in [-0.15, -0.1) is 0 Å². The predicted molar refractivity (Wildman–Crippen MR) is 78.0 cm³/mol. The van der Waals surface area contributed by atoms with Crippen molar-refractivity contribution in [1.82, 2.24) is 10.2 Å². The number of nitrogens with zero attached hydrogens (tertiary/aromatic N) is 1. The molecule has 1 aromatic rings. The van der Waals surface area contributed by atoms with Crippen LogP contribution in [0.4, 0.5) is 4.39 Å². The van der Waals surface area contributed by atoms with Crippen molar-refractivity contribution < 1.29 is 9.18 Å². The molecule has 1 N–H and O–H groups in total. The van der Waals surface area contributed by atoms with Crippen LogP contribution in [0.15, 0.2) is 24.3 Å². The van der Waals surface area contributed by atoms with E-state index in [-0.39, 0.29) is 18.1 Å². The molecule has 1 aliphatic heterocycles. The summed E-state index contributed by atoms with van der Waals surface area (Å²) in [6.45, 7) is 4.87. The van der Waals surface area contributed by atoms with Gasteiger partial charge in [0, 0.05) is 19.1 Å². The standard InChI is InChI=1S/C16H23FN2O/c1-13-6-4-5-10-19(13)11-9-18-16(20)12-14-7-2-3-8-15(14)17/h2-3,7-8,13H,4-6,9-12H2,1H3,(H,18,20)/t13-/m0/s1. The Morgan fingerprint density at radius 2 is 2.20 bits per heavy atom. The van der Waals surface area contributed by atoms with Crippen LogP contribution in [0.2, 0.25) is 0 Å². The molecule has 1 saturated heterocycles. The maximum atomic E-state index is 13.4. The smallest absolute Gasteiger partial charge is 0.224 e. The molecule has 2 rings (SSSR count). The van der Waals surface area contributed by atoms with E-state index in [1.807, 2.05) is 0 Å². The first-order valence-corrected chi connectivity index (χ1v) is 7.41. The molecule has 1 heterocycles. The minimum atomic E-state index is -0.313. The summed E-state index contributed by atoms with van der Waals surface area (Å²) < 4.78 is 13.4. The number of nitrogens with one attached hydrogen (secondary N) is 1. The lowest BCUT2D eigenvalue weighted by molar-refractivity contribution is -0.120. The van der Waals surface area contributed by atoms with E-state index in [1.165, 1.54) is 25.3 Å². The number of hydrogen-bond donors (Lipinski definition) is 1. The highest BCUT2D eigenvalue weighted by molar-refractivity contribution is 5.78. The van der Waals surface area contributed by atoms with Crippen LogP contribution < -0.4 is 5.32 Å². The third-order valence-corrected chi connectivity index (χ3v) is 3.97. The zero-order chi connectivity index (χ0) is 14.4. The predicted octanol–water partition coefficient (Wildman–Crippen LogP) is 2.36. The second-order valence-corrected chi connectivity index (χ2v) is 5.50. The molecule has 1 amide bonds. The Morgan fingerprint density at radius 1 is 1.40 bits per heavy atom. The van der Waals surface area contributed by atoms with Gasteiger partial charge in [-0.2, -0.15) is 0 Å². The zero-order valence-corrected chi connectivity index (χ0v) is 12.1. The first-order valence-electron chi connectivity index (χ1n) is 7.41. The van der Waals surface area contributed by atoms with E-state index >= 15 is 0 Å². The molecule has 1 aromatic carbocycles. The van der Waals surface area contributed by atoms with Crippen molar-refractivity contribution in [3.63, 3.8) is 0 Å². The lowest BCUT2D eigenvalue weighted by Gasteiger charge is -2.33. The summed E-state index contributed by atoms with van der Waals surface area (Å²) >= 11 is 0. The van der Waals surface area contributed by atoms with Crippen molar-refractivity contribution in [2.24, 2.45) is 0 Å². The van der Waals surface area contributed by atoms with Crippen LogP contribution in [0.1, 0.15) is 31.7 Å². The van der Waals surface area contributed by atoms with E-state index in [0.29, 0.717) is 18.2 Å². The highest BCUT2D eigenvalue weighted by Crippen LogP contribution is 2.15. The fraction of sp³-hybridized carbons (Fsp3) is 0.562. The number of benzene rings is 1. The molecule has 3 nitrogen and oxygen atoms in total. The Hall–Kier alpha value is -1.42. The monoisotopic (exact) mass is 278 g/mol. The normalized spacial score (nSPS) is 19.8. The number of halogens is 1. The molecule has 1 atom stereocenters. The Morgan fingerprint density at radius 3 is 2.95 bits per heavy atom. The minimum absolute atomic E-state index is 0.111. The maximum Gasteiger partial charge on any atom is 0.224 e. The van der Waals surface area contributed by atoms with Crippen LogP contribution in [0, 0.1) is 5.82 Å². The number of likely N-dealkylation sites (tertiary alicyclic amines) is 1. The molecule has 20 heavy (non-hydrogen) atoms. The average Bonchev–Trinajstić information content (AvgIpc) is 2.43. The first kappa shape index (κ1) is 15.0. The quantitative estimate of drug-likeness (QED) is 0.896. The molecular formula is C16H23FN2O. The summed E-state index contributed by atoms with van der Waals surface area (Å²) in [5, 5.41) is 2.88. The van der Waals surface area contributed by atoms with Crippen LogP contribution in [-0.4, -0.2) is 36.5 Å². The molecule has 1 aliphatic rings. The van der Waals surface area contributed by atoms with E-state index in [9.17, 15) is 9.18 Å². The Balaban J connectivity index is 1.71. The highest BCUT2D eigenvalue weighted by Gasteiger charge is 2.17. The van der Waals surface area contributed by atoms with Crippen molar-refractivity contribution in [3.8, 4) is 0 Å². The van der Waals surface area contributed by atoms with Crippen LogP contribution in [0.5, 0.6) is 0 Å². The largest absolute Gasteiger partial charge is 0.355 e. The molecule has 0 aromatic heterocycles. The van der Waals surface area contributed by atoms with Gasteiger partial charge in [0.1, 0.15) is 5.82 Å². The van der Waals surface area contributed by atoms with Crippen LogP contribution in [-0.2, 0) is 11.2 Å². The Bertz CT molecular complexity index is 450. The van der Waals surface area contributed by atoms with Gasteiger partial charge in [-0.1, -0.05) is 24.6 Å². The fourth-order valence-electron chi connectivity index (χ4n) is 2.71. The topological polar surface area (TPSA) is 32.3 Å². The minimum Gasteiger partial charge on any atom is -0.355 e. The molecule has 1 fully saturated rings. The summed E-state index contributed by atoms with van der Waals surface area (Å²) in [6.07, 6.45) is 3.90. The fourth-order valence-corrected chi connectivity index (χ4v) is 2.71. The van der Waals surface area contributed by atoms with Crippen molar-refractivity contribution in [3.05, 3.63) is 35.6 Å². The van der Waals surface area contributed by atoms with Crippen molar-refractivity contribution in [1.29, 1.82) is 0 Å². The summed E-state index contributed by atoms with van der Waals surface area (Å²) in [5.74, 6) is -0.424. The maximum absolute atomic E-state index is 13.4. The number of amides is 1. The van der Waals surface area contributed by atoms with Gasteiger partial charge in [-0.3, -0.25) is 9.69 Å². The molecule has 110 valence electrons.